The molecule has 4 heteroatoms. The van der Waals surface area contributed by atoms with Crippen molar-refractivity contribution >= 4 is 11.9 Å². The van der Waals surface area contributed by atoms with Crippen molar-refractivity contribution in [3.8, 4) is 0 Å². The number of ketones is 1. The van der Waals surface area contributed by atoms with Crippen molar-refractivity contribution in [1.82, 2.24) is 5.32 Å². The summed E-state index contributed by atoms with van der Waals surface area (Å²) in [6.07, 6.45) is 1.53. The van der Waals surface area contributed by atoms with Gasteiger partial charge in [-0.15, -0.1) is 0 Å². The maximum atomic E-state index is 11.9. The Morgan fingerprint density at radius 3 is 2.12 bits per heavy atom. The van der Waals surface area contributed by atoms with Crippen LogP contribution in [0.4, 0.5) is 4.79 Å². The average molecular weight is 241 g/mol. The second-order valence-corrected chi connectivity index (χ2v) is 6.38. The van der Waals surface area contributed by atoms with E-state index in [4.69, 9.17) is 4.74 Å². The fourth-order valence-corrected chi connectivity index (χ4v) is 1.59. The first-order chi connectivity index (χ1) is 7.62. The zero-order chi connectivity index (χ0) is 13.3. The SMILES string of the molecule is CC(C)(C)OC(=O)NCC(C)(C)C(=O)C1CC1. The molecule has 0 aliphatic heterocycles. The van der Waals surface area contributed by atoms with Crippen molar-refractivity contribution < 1.29 is 14.3 Å². The van der Waals surface area contributed by atoms with E-state index in [1.54, 1.807) is 0 Å². The Labute approximate surface area is 103 Å². The second-order valence-electron chi connectivity index (χ2n) is 6.38. The van der Waals surface area contributed by atoms with Crippen LogP contribution in [-0.2, 0) is 9.53 Å². The molecule has 1 saturated carbocycles. The van der Waals surface area contributed by atoms with Crippen LogP contribution >= 0.6 is 0 Å². The Morgan fingerprint density at radius 1 is 1.18 bits per heavy atom. The number of ether oxygens (including phenoxy) is 1. The maximum Gasteiger partial charge on any atom is 0.407 e. The summed E-state index contributed by atoms with van der Waals surface area (Å²) in [5, 5.41) is 2.66. The van der Waals surface area contributed by atoms with Crippen LogP contribution in [0.2, 0.25) is 0 Å². The van der Waals surface area contributed by atoms with Gasteiger partial charge in [0.15, 0.2) is 0 Å². The van der Waals surface area contributed by atoms with E-state index < -0.39 is 17.1 Å². The molecule has 0 unspecified atom stereocenters. The van der Waals surface area contributed by atoms with E-state index in [-0.39, 0.29) is 11.7 Å². The van der Waals surface area contributed by atoms with Gasteiger partial charge < -0.3 is 10.1 Å². The summed E-state index contributed by atoms with van der Waals surface area (Å²) in [5.41, 5.74) is -1.01. The van der Waals surface area contributed by atoms with Crippen molar-refractivity contribution in [3.05, 3.63) is 0 Å². The van der Waals surface area contributed by atoms with E-state index in [0.29, 0.717) is 6.54 Å². The number of nitrogens with one attached hydrogen (secondary N) is 1. The Bertz CT molecular complexity index is 311. The highest BCUT2D eigenvalue weighted by Gasteiger charge is 2.39. The van der Waals surface area contributed by atoms with Crippen molar-refractivity contribution in [3.63, 3.8) is 0 Å². The summed E-state index contributed by atoms with van der Waals surface area (Å²) >= 11 is 0. The Kier molecular flexibility index (Phi) is 3.84. The number of alkyl carbamates (subject to hydrolysis) is 1. The molecule has 1 amide bonds. The molecule has 98 valence electrons. The van der Waals surface area contributed by atoms with Gasteiger partial charge in [0.2, 0.25) is 0 Å². The summed E-state index contributed by atoms with van der Waals surface area (Å²) in [6, 6.07) is 0. The van der Waals surface area contributed by atoms with E-state index in [2.05, 4.69) is 5.32 Å². The summed E-state index contributed by atoms with van der Waals surface area (Å²) in [4.78, 5) is 23.4. The van der Waals surface area contributed by atoms with Crippen LogP contribution in [0.25, 0.3) is 0 Å². The van der Waals surface area contributed by atoms with Crippen molar-refractivity contribution in [2.75, 3.05) is 6.54 Å². The topological polar surface area (TPSA) is 55.4 Å². The zero-order valence-electron chi connectivity index (χ0n) is 11.4. The number of hydrogen-bond acceptors (Lipinski definition) is 3. The molecule has 0 radical (unpaired) electrons. The van der Waals surface area contributed by atoms with E-state index in [1.165, 1.54) is 0 Å². The molecule has 4 nitrogen and oxygen atoms in total. The normalized spacial score (nSPS) is 16.5. The van der Waals surface area contributed by atoms with E-state index in [0.717, 1.165) is 12.8 Å². The number of Topliss-reactive ketones (excluding diaryl/α,β-unsaturated/α-hetero) is 1. The lowest BCUT2D eigenvalue weighted by atomic mass is 9.85. The predicted molar refractivity (Wildman–Crippen MR) is 65.7 cm³/mol. The predicted octanol–water partition coefficient (Wildman–Crippen LogP) is 2.52. The van der Waals surface area contributed by atoms with Gasteiger partial charge in [0.25, 0.3) is 0 Å². The van der Waals surface area contributed by atoms with E-state index >= 15 is 0 Å². The van der Waals surface area contributed by atoms with Gasteiger partial charge in [-0.2, -0.15) is 0 Å². The van der Waals surface area contributed by atoms with Gasteiger partial charge in [-0.1, -0.05) is 13.8 Å². The molecule has 0 heterocycles. The minimum absolute atomic E-state index is 0.213. The Balaban J connectivity index is 2.38. The Hall–Kier alpha value is -1.06. The number of hydrogen-bond donors (Lipinski definition) is 1. The summed E-state index contributed by atoms with van der Waals surface area (Å²) in [6.45, 7) is 9.50. The molecular weight excluding hydrogens is 218 g/mol. The van der Waals surface area contributed by atoms with Crippen LogP contribution in [0.15, 0.2) is 0 Å². The fraction of sp³-hybridized carbons (Fsp3) is 0.846. The third-order valence-corrected chi connectivity index (χ3v) is 2.69. The first-order valence-electron chi connectivity index (χ1n) is 6.13. The summed E-state index contributed by atoms with van der Waals surface area (Å²) in [5.74, 6) is 0.457. The van der Waals surface area contributed by atoms with Gasteiger partial charge in [-0.3, -0.25) is 4.79 Å². The van der Waals surface area contributed by atoms with Crippen LogP contribution in [0.1, 0.15) is 47.5 Å². The van der Waals surface area contributed by atoms with Gasteiger partial charge in [0.05, 0.1) is 0 Å². The molecule has 0 aromatic rings. The molecule has 1 aliphatic rings. The quantitative estimate of drug-likeness (QED) is 0.822. The van der Waals surface area contributed by atoms with Gasteiger partial charge >= 0.3 is 6.09 Å². The molecule has 0 atom stereocenters. The van der Waals surface area contributed by atoms with Crippen LogP contribution in [0, 0.1) is 11.3 Å². The lowest BCUT2D eigenvalue weighted by Gasteiger charge is -2.25. The Morgan fingerprint density at radius 2 is 1.71 bits per heavy atom. The first kappa shape index (κ1) is 14.0. The highest BCUT2D eigenvalue weighted by atomic mass is 16.6. The molecule has 1 rings (SSSR count). The van der Waals surface area contributed by atoms with Crippen LogP contribution in [0.5, 0.6) is 0 Å². The van der Waals surface area contributed by atoms with E-state index in [9.17, 15) is 9.59 Å². The van der Waals surface area contributed by atoms with E-state index in [1.807, 2.05) is 34.6 Å². The van der Waals surface area contributed by atoms with Crippen LogP contribution < -0.4 is 5.32 Å². The lowest BCUT2D eigenvalue weighted by molar-refractivity contribution is -0.128. The number of amides is 1. The second kappa shape index (κ2) is 4.67. The fourth-order valence-electron chi connectivity index (χ4n) is 1.59. The lowest BCUT2D eigenvalue weighted by Crippen LogP contribution is -2.41. The van der Waals surface area contributed by atoms with Gasteiger partial charge in [-0.25, -0.2) is 4.79 Å². The molecule has 0 aromatic carbocycles. The third-order valence-electron chi connectivity index (χ3n) is 2.69. The summed E-state index contributed by atoms with van der Waals surface area (Å²) in [7, 11) is 0. The number of rotatable bonds is 4. The highest BCUT2D eigenvalue weighted by molar-refractivity contribution is 5.88. The minimum Gasteiger partial charge on any atom is -0.444 e. The maximum absolute atomic E-state index is 11.9. The molecule has 0 bridgehead atoms. The van der Waals surface area contributed by atoms with Crippen LogP contribution in [0.3, 0.4) is 0 Å². The van der Waals surface area contributed by atoms with Gasteiger partial charge in [-0.05, 0) is 33.6 Å². The molecule has 1 fully saturated rings. The molecule has 0 spiro atoms. The van der Waals surface area contributed by atoms with Gasteiger partial charge in [0, 0.05) is 17.9 Å². The van der Waals surface area contributed by atoms with Crippen molar-refractivity contribution in [2.24, 2.45) is 11.3 Å². The highest BCUT2D eigenvalue weighted by Crippen LogP contribution is 2.36. The smallest absolute Gasteiger partial charge is 0.407 e. The van der Waals surface area contributed by atoms with Crippen molar-refractivity contribution in [2.45, 2.75) is 53.1 Å². The van der Waals surface area contributed by atoms with Crippen LogP contribution in [-0.4, -0.2) is 24.0 Å². The molecule has 1 aliphatic carbocycles. The number of carbonyl (C=O) groups excluding carboxylic acids is 2. The number of carbonyl (C=O) groups is 2. The molecule has 1 N–H and O–H groups in total. The molecule has 17 heavy (non-hydrogen) atoms. The molecule has 0 saturated heterocycles. The van der Waals surface area contributed by atoms with Crippen molar-refractivity contribution in [1.29, 1.82) is 0 Å². The standard InChI is InChI=1S/C13H23NO3/c1-12(2,3)17-11(16)14-8-13(4,5)10(15)9-6-7-9/h9H,6-8H2,1-5H3,(H,14,16). The first-order valence-corrected chi connectivity index (χ1v) is 6.13. The molecule has 0 aromatic heterocycles. The minimum atomic E-state index is -0.505. The van der Waals surface area contributed by atoms with Gasteiger partial charge in [0.1, 0.15) is 11.4 Å². The largest absolute Gasteiger partial charge is 0.444 e. The zero-order valence-corrected chi connectivity index (χ0v) is 11.4. The molecular formula is C13H23NO3. The summed E-state index contributed by atoms with van der Waals surface area (Å²) < 4.78 is 5.13. The monoisotopic (exact) mass is 241 g/mol. The third kappa shape index (κ3) is 4.75. The average Bonchev–Trinajstić information content (AvgIpc) is 2.94.